The smallest absolute Gasteiger partial charge is 0.236 e. The van der Waals surface area contributed by atoms with Crippen LogP contribution in [-0.2, 0) is 14.9 Å². The fourth-order valence-electron chi connectivity index (χ4n) is 3.68. The predicted molar refractivity (Wildman–Crippen MR) is 111 cm³/mol. The number of thiazole rings is 1. The molecule has 0 unspecified atom stereocenters. The van der Waals surface area contributed by atoms with Crippen LogP contribution in [0.25, 0.3) is 11.3 Å². The van der Waals surface area contributed by atoms with E-state index in [2.05, 4.69) is 10.3 Å². The summed E-state index contributed by atoms with van der Waals surface area (Å²) in [6.07, 6.45) is 1.22. The number of hydrogen-bond donors (Lipinski definition) is 1. The number of methoxy groups -OCH3 is 1. The Morgan fingerprint density at radius 1 is 1.21 bits per heavy atom. The molecule has 29 heavy (non-hydrogen) atoms. The zero-order valence-electron chi connectivity index (χ0n) is 16.0. The van der Waals surface area contributed by atoms with E-state index in [1.54, 1.807) is 11.4 Å². The lowest BCUT2D eigenvalue weighted by Crippen LogP contribution is -2.44. The van der Waals surface area contributed by atoms with E-state index in [-0.39, 0.29) is 11.7 Å². The zero-order valence-corrected chi connectivity index (χ0v) is 16.8. The number of anilines is 1. The van der Waals surface area contributed by atoms with Crippen LogP contribution in [0, 0.1) is 5.82 Å². The number of nitrogens with one attached hydrogen (secondary N) is 1. The molecule has 3 aromatic rings. The van der Waals surface area contributed by atoms with Crippen LogP contribution in [0.4, 0.5) is 9.52 Å². The Balaban J connectivity index is 1.61. The lowest BCUT2D eigenvalue weighted by atomic mass is 9.73. The third-order valence-electron chi connectivity index (χ3n) is 5.27. The van der Waals surface area contributed by atoms with Crippen LogP contribution in [0.15, 0.2) is 53.9 Å². The van der Waals surface area contributed by atoms with E-state index in [1.165, 1.54) is 30.6 Å². The number of rotatable bonds is 5. The Bertz CT molecular complexity index is 1000. The molecule has 5 nitrogen and oxygen atoms in total. The van der Waals surface area contributed by atoms with Gasteiger partial charge in [-0.05, 0) is 36.6 Å². The van der Waals surface area contributed by atoms with Crippen molar-refractivity contribution in [1.82, 2.24) is 4.98 Å². The van der Waals surface area contributed by atoms with Gasteiger partial charge in [-0.15, -0.1) is 11.3 Å². The van der Waals surface area contributed by atoms with Crippen LogP contribution < -0.4 is 10.1 Å². The maximum absolute atomic E-state index is 13.7. The van der Waals surface area contributed by atoms with Crippen LogP contribution in [0.2, 0.25) is 0 Å². The maximum atomic E-state index is 13.7. The van der Waals surface area contributed by atoms with Crippen molar-refractivity contribution >= 4 is 22.4 Å². The van der Waals surface area contributed by atoms with Gasteiger partial charge < -0.3 is 14.8 Å². The Labute approximate surface area is 172 Å². The van der Waals surface area contributed by atoms with Crippen LogP contribution in [0.5, 0.6) is 5.75 Å². The summed E-state index contributed by atoms with van der Waals surface area (Å²) in [5.41, 5.74) is 1.43. The van der Waals surface area contributed by atoms with Crippen molar-refractivity contribution in [3.8, 4) is 17.0 Å². The van der Waals surface area contributed by atoms with Gasteiger partial charge in [0.15, 0.2) is 5.13 Å². The molecular formula is C22H21FN2O3S. The minimum atomic E-state index is -0.651. The fraction of sp³-hybridized carbons (Fsp3) is 0.273. The molecule has 1 aliphatic heterocycles. The largest absolute Gasteiger partial charge is 0.496 e. The maximum Gasteiger partial charge on any atom is 0.236 e. The van der Waals surface area contributed by atoms with E-state index in [0.717, 1.165) is 5.56 Å². The van der Waals surface area contributed by atoms with Gasteiger partial charge in [-0.2, -0.15) is 0 Å². The number of ether oxygens (including phenoxy) is 2. The summed E-state index contributed by atoms with van der Waals surface area (Å²) in [6, 6.07) is 14.1. The second-order valence-corrected chi connectivity index (χ2v) is 7.76. The van der Waals surface area contributed by atoms with Gasteiger partial charge in [-0.25, -0.2) is 9.37 Å². The first kappa shape index (κ1) is 19.5. The van der Waals surface area contributed by atoms with Gasteiger partial charge in [0.05, 0.1) is 18.2 Å². The summed E-state index contributed by atoms with van der Waals surface area (Å²) < 4.78 is 24.5. The van der Waals surface area contributed by atoms with E-state index in [9.17, 15) is 9.18 Å². The average Bonchev–Trinajstić information content (AvgIpc) is 3.23. The van der Waals surface area contributed by atoms with Gasteiger partial charge in [-0.3, -0.25) is 4.79 Å². The molecule has 1 fully saturated rings. The van der Waals surface area contributed by atoms with Crippen LogP contribution in [-0.4, -0.2) is 31.2 Å². The number of hydrogen-bond acceptors (Lipinski definition) is 5. The third-order valence-corrected chi connectivity index (χ3v) is 6.03. The van der Waals surface area contributed by atoms with E-state index in [4.69, 9.17) is 9.47 Å². The highest BCUT2D eigenvalue weighted by Gasteiger charge is 2.42. The van der Waals surface area contributed by atoms with Crippen molar-refractivity contribution < 1.29 is 18.7 Å². The number of carbonyl (C=O) groups is 1. The molecule has 1 aromatic heterocycles. The fourth-order valence-corrected chi connectivity index (χ4v) is 4.38. The Morgan fingerprint density at radius 3 is 2.69 bits per heavy atom. The quantitative estimate of drug-likeness (QED) is 0.663. The van der Waals surface area contributed by atoms with Crippen molar-refractivity contribution in [2.45, 2.75) is 18.3 Å². The first-order valence-electron chi connectivity index (χ1n) is 9.36. The number of aromatic nitrogens is 1. The molecule has 1 aliphatic rings. The molecule has 1 amide bonds. The Morgan fingerprint density at radius 2 is 1.97 bits per heavy atom. The molecule has 2 heterocycles. The lowest BCUT2D eigenvalue weighted by Gasteiger charge is -2.35. The molecule has 4 rings (SSSR count). The van der Waals surface area contributed by atoms with E-state index in [0.29, 0.717) is 48.2 Å². The molecule has 7 heteroatoms. The number of benzene rings is 2. The van der Waals surface area contributed by atoms with Crippen LogP contribution >= 0.6 is 11.3 Å². The molecule has 0 saturated carbocycles. The van der Waals surface area contributed by atoms with Gasteiger partial charge in [0.25, 0.3) is 0 Å². The molecule has 2 aromatic carbocycles. The van der Waals surface area contributed by atoms with Crippen molar-refractivity contribution in [3.63, 3.8) is 0 Å². The second kappa shape index (κ2) is 8.31. The second-order valence-electron chi connectivity index (χ2n) is 6.90. The highest BCUT2D eigenvalue weighted by molar-refractivity contribution is 7.14. The predicted octanol–water partition coefficient (Wildman–Crippen LogP) is 4.64. The number of nitrogens with zero attached hydrogens (tertiary/aromatic N) is 1. The van der Waals surface area contributed by atoms with E-state index >= 15 is 0 Å². The topological polar surface area (TPSA) is 60.5 Å². The molecule has 0 radical (unpaired) electrons. The van der Waals surface area contributed by atoms with Gasteiger partial charge in [0.1, 0.15) is 11.6 Å². The van der Waals surface area contributed by atoms with Gasteiger partial charge in [-0.1, -0.05) is 30.3 Å². The highest BCUT2D eigenvalue weighted by atomic mass is 32.1. The van der Waals surface area contributed by atoms with Crippen LogP contribution in [0.1, 0.15) is 18.4 Å². The molecular weight excluding hydrogens is 391 g/mol. The van der Waals surface area contributed by atoms with E-state index < -0.39 is 5.41 Å². The zero-order chi connectivity index (χ0) is 20.3. The van der Waals surface area contributed by atoms with Gasteiger partial charge in [0, 0.05) is 24.2 Å². The summed E-state index contributed by atoms with van der Waals surface area (Å²) >= 11 is 1.30. The van der Waals surface area contributed by atoms with Crippen LogP contribution in [0.3, 0.4) is 0 Å². The van der Waals surface area contributed by atoms with Crippen molar-refractivity contribution in [2.75, 3.05) is 25.6 Å². The standard InChI is InChI=1S/C22H21FN2O3S/c1-27-19-8-7-16(23)13-17(19)18-14-29-21(24-18)25-20(26)22(9-11-28-12-10-22)15-5-3-2-4-6-15/h2-8,13-14H,9-12H2,1H3,(H,24,25,26). The summed E-state index contributed by atoms with van der Waals surface area (Å²) in [5, 5.41) is 5.23. The first-order valence-corrected chi connectivity index (χ1v) is 10.2. The minimum absolute atomic E-state index is 0.0980. The number of halogens is 1. The molecule has 0 bridgehead atoms. The van der Waals surface area contributed by atoms with Crippen molar-refractivity contribution in [3.05, 3.63) is 65.3 Å². The molecule has 0 aliphatic carbocycles. The Kier molecular flexibility index (Phi) is 5.60. The minimum Gasteiger partial charge on any atom is -0.496 e. The van der Waals surface area contributed by atoms with Gasteiger partial charge >= 0.3 is 0 Å². The lowest BCUT2D eigenvalue weighted by molar-refractivity contribution is -0.125. The molecule has 0 spiro atoms. The normalized spacial score (nSPS) is 15.7. The van der Waals surface area contributed by atoms with E-state index in [1.807, 2.05) is 30.3 Å². The number of amides is 1. The summed E-state index contributed by atoms with van der Waals surface area (Å²) in [4.78, 5) is 17.8. The summed E-state index contributed by atoms with van der Waals surface area (Å²) in [7, 11) is 1.53. The van der Waals surface area contributed by atoms with Crippen molar-refractivity contribution in [1.29, 1.82) is 0 Å². The van der Waals surface area contributed by atoms with Gasteiger partial charge in [0.2, 0.25) is 5.91 Å². The SMILES string of the molecule is COc1ccc(F)cc1-c1csc(NC(=O)C2(c3ccccc3)CCOCC2)n1. The monoisotopic (exact) mass is 412 g/mol. The average molecular weight is 412 g/mol. The molecule has 150 valence electrons. The molecule has 1 saturated heterocycles. The first-order chi connectivity index (χ1) is 14.1. The summed E-state index contributed by atoms with van der Waals surface area (Å²) in [5.74, 6) is 0.0588. The molecule has 1 N–H and O–H groups in total. The Hall–Kier alpha value is -2.77. The third kappa shape index (κ3) is 3.88. The molecule has 0 atom stereocenters. The highest BCUT2D eigenvalue weighted by Crippen LogP contribution is 2.37. The van der Waals surface area contributed by atoms with Crippen molar-refractivity contribution in [2.24, 2.45) is 0 Å². The summed E-state index contributed by atoms with van der Waals surface area (Å²) in [6.45, 7) is 1.07. The number of carbonyl (C=O) groups excluding carboxylic acids is 1.